The molecule has 0 saturated heterocycles. The van der Waals surface area contributed by atoms with E-state index in [0.29, 0.717) is 19.7 Å². The summed E-state index contributed by atoms with van der Waals surface area (Å²) in [6.45, 7) is 8.53. The zero-order valence-corrected chi connectivity index (χ0v) is 29.6. The molecule has 0 aliphatic heterocycles. The van der Waals surface area contributed by atoms with Crippen LogP contribution in [0.25, 0.3) is 0 Å². The highest BCUT2D eigenvalue weighted by Gasteiger charge is 2.27. The highest BCUT2D eigenvalue weighted by atomic mass is 16.6. The zero-order chi connectivity index (χ0) is 34.2. The average Bonchev–Trinajstić information content (AvgIpc) is 3.07. The summed E-state index contributed by atoms with van der Waals surface area (Å²) in [5.74, 6) is 0. The lowest BCUT2D eigenvalue weighted by Gasteiger charge is -2.18. The van der Waals surface area contributed by atoms with Crippen molar-refractivity contribution in [2.75, 3.05) is 52.8 Å². The molecule has 47 heavy (non-hydrogen) atoms. The van der Waals surface area contributed by atoms with Gasteiger partial charge < -0.3 is 29.0 Å². The Bertz CT molecular complexity index is 933. The van der Waals surface area contributed by atoms with Crippen LogP contribution in [0.1, 0.15) is 123 Å². The Hall–Kier alpha value is -2.92. The number of pyridine rings is 1. The number of carbonyl (C=O) groups is 3. The molecule has 1 heterocycles. The molecule has 1 N–H and O–H groups in total. The molecule has 0 radical (unpaired) electrons. The van der Waals surface area contributed by atoms with E-state index in [4.69, 9.17) is 23.7 Å². The number of imide groups is 1. The van der Waals surface area contributed by atoms with E-state index in [1.54, 1.807) is 6.92 Å². The Kier molecular flexibility index (Phi) is 27.2. The van der Waals surface area contributed by atoms with E-state index in [2.05, 4.69) is 12.2 Å². The van der Waals surface area contributed by atoms with Gasteiger partial charge in [0.15, 0.2) is 6.20 Å². The minimum atomic E-state index is -0.801. The standard InChI is InChI=1S/C36H63N3O8/c1-4-7-8-9-10-11-12-13-14-15-16-17-18-19-21-24-37-34(40)46-30-28-43-26-27-44-29-31-47-36(42)39(35(41)45-6-3)32-33-23-20-22-25-38(33)5-2/h20,22-23,25H,4-19,21,24,26-32H2,1-3H3/p+1. The number of alkyl carbamates (subject to hydrolysis) is 1. The lowest BCUT2D eigenvalue weighted by molar-refractivity contribution is -0.701. The minimum Gasteiger partial charge on any atom is -0.449 e. The van der Waals surface area contributed by atoms with Crippen molar-refractivity contribution in [2.24, 2.45) is 0 Å². The largest absolute Gasteiger partial charge is 0.449 e. The molecule has 0 atom stereocenters. The molecule has 0 unspecified atom stereocenters. The first-order chi connectivity index (χ1) is 23.0. The van der Waals surface area contributed by atoms with Crippen LogP contribution < -0.4 is 9.88 Å². The van der Waals surface area contributed by atoms with Crippen LogP contribution in [0.15, 0.2) is 24.4 Å². The van der Waals surface area contributed by atoms with Gasteiger partial charge in [0.25, 0.3) is 0 Å². The van der Waals surface area contributed by atoms with Gasteiger partial charge in [0.1, 0.15) is 26.3 Å². The zero-order valence-electron chi connectivity index (χ0n) is 29.6. The monoisotopic (exact) mass is 666 g/mol. The second-order valence-corrected chi connectivity index (χ2v) is 11.6. The molecule has 0 aliphatic rings. The van der Waals surface area contributed by atoms with Crippen molar-refractivity contribution in [3.05, 3.63) is 30.1 Å². The summed E-state index contributed by atoms with van der Waals surface area (Å²) in [6.07, 6.45) is 19.6. The molecular formula is C36H64N3O8+. The topological polar surface area (TPSA) is 117 Å². The number of carbonyl (C=O) groups excluding carboxylic acids is 3. The highest BCUT2D eigenvalue weighted by molar-refractivity contribution is 5.87. The third-order valence-electron chi connectivity index (χ3n) is 7.74. The van der Waals surface area contributed by atoms with Gasteiger partial charge in [0, 0.05) is 18.7 Å². The van der Waals surface area contributed by atoms with Crippen LogP contribution in [-0.4, -0.2) is 76.0 Å². The number of nitrogens with zero attached hydrogens (tertiary/aromatic N) is 2. The van der Waals surface area contributed by atoms with Crippen LogP contribution in [0.2, 0.25) is 0 Å². The molecule has 3 amide bonds. The van der Waals surface area contributed by atoms with Crippen LogP contribution >= 0.6 is 0 Å². The van der Waals surface area contributed by atoms with E-state index in [1.165, 1.54) is 83.5 Å². The van der Waals surface area contributed by atoms with Gasteiger partial charge in [-0.2, -0.15) is 0 Å². The number of aromatic nitrogens is 1. The maximum Gasteiger partial charge on any atom is 0.419 e. The number of rotatable bonds is 29. The molecule has 0 bridgehead atoms. The summed E-state index contributed by atoms with van der Waals surface area (Å²) in [5, 5.41) is 2.79. The first-order valence-corrected chi connectivity index (χ1v) is 18.2. The third kappa shape index (κ3) is 23.1. The van der Waals surface area contributed by atoms with Crippen molar-refractivity contribution in [3.63, 3.8) is 0 Å². The van der Waals surface area contributed by atoms with E-state index in [1.807, 2.05) is 35.9 Å². The van der Waals surface area contributed by atoms with Crippen LogP contribution in [0.3, 0.4) is 0 Å². The number of hydrogen-bond acceptors (Lipinski definition) is 8. The smallest absolute Gasteiger partial charge is 0.419 e. The number of ether oxygens (including phenoxy) is 5. The van der Waals surface area contributed by atoms with Crippen molar-refractivity contribution < 1.29 is 42.6 Å². The van der Waals surface area contributed by atoms with Crippen molar-refractivity contribution >= 4 is 18.3 Å². The predicted octanol–water partition coefficient (Wildman–Crippen LogP) is 7.72. The fourth-order valence-electron chi connectivity index (χ4n) is 5.05. The Morgan fingerprint density at radius 2 is 1.15 bits per heavy atom. The van der Waals surface area contributed by atoms with E-state index >= 15 is 0 Å². The van der Waals surface area contributed by atoms with Crippen molar-refractivity contribution in [3.8, 4) is 0 Å². The van der Waals surface area contributed by atoms with Gasteiger partial charge in [-0.05, 0) is 20.3 Å². The Labute approximate surface area is 284 Å². The molecule has 1 aromatic rings. The molecule has 0 aliphatic carbocycles. The first-order valence-electron chi connectivity index (χ1n) is 18.2. The van der Waals surface area contributed by atoms with E-state index in [0.717, 1.165) is 23.4 Å². The SMILES string of the molecule is CCCCCCCCCCCCCCCCCNC(=O)OCCOCCOCCOC(=O)N(Cc1cccc[n+]1CC)C(=O)OCC. The van der Waals surface area contributed by atoms with Gasteiger partial charge >= 0.3 is 18.3 Å². The lowest BCUT2D eigenvalue weighted by atomic mass is 10.0. The molecule has 0 aromatic carbocycles. The molecule has 270 valence electrons. The molecule has 1 rings (SSSR count). The lowest BCUT2D eigenvalue weighted by Crippen LogP contribution is -2.44. The summed E-state index contributed by atoms with van der Waals surface area (Å²) >= 11 is 0. The molecular weight excluding hydrogens is 602 g/mol. The van der Waals surface area contributed by atoms with Gasteiger partial charge in [-0.15, -0.1) is 0 Å². The molecule has 11 heteroatoms. The number of nitrogens with one attached hydrogen (secondary N) is 1. The summed E-state index contributed by atoms with van der Waals surface area (Å²) < 4.78 is 28.2. The molecule has 1 aromatic heterocycles. The Morgan fingerprint density at radius 3 is 1.70 bits per heavy atom. The normalized spacial score (nSPS) is 10.9. The number of aryl methyl sites for hydroxylation is 1. The van der Waals surface area contributed by atoms with Crippen molar-refractivity contribution in [1.29, 1.82) is 0 Å². The first kappa shape index (κ1) is 42.1. The fourth-order valence-corrected chi connectivity index (χ4v) is 5.05. The molecule has 0 saturated carbocycles. The highest BCUT2D eigenvalue weighted by Crippen LogP contribution is 2.13. The van der Waals surface area contributed by atoms with E-state index in [9.17, 15) is 14.4 Å². The van der Waals surface area contributed by atoms with Gasteiger partial charge in [-0.3, -0.25) is 0 Å². The number of amides is 3. The maximum absolute atomic E-state index is 12.6. The van der Waals surface area contributed by atoms with Crippen LogP contribution in [0, 0.1) is 0 Å². The van der Waals surface area contributed by atoms with Crippen molar-refractivity contribution in [2.45, 2.75) is 130 Å². The summed E-state index contributed by atoms with van der Waals surface area (Å²) in [7, 11) is 0. The quantitative estimate of drug-likeness (QED) is 0.0525. The van der Waals surface area contributed by atoms with E-state index in [-0.39, 0.29) is 46.2 Å². The summed E-state index contributed by atoms with van der Waals surface area (Å²) in [4.78, 5) is 37.7. The van der Waals surface area contributed by atoms with E-state index < -0.39 is 18.3 Å². The van der Waals surface area contributed by atoms with Gasteiger partial charge in [0.2, 0.25) is 5.69 Å². The summed E-state index contributed by atoms with van der Waals surface area (Å²) in [6, 6.07) is 5.56. The Morgan fingerprint density at radius 1 is 0.638 bits per heavy atom. The third-order valence-corrected chi connectivity index (χ3v) is 7.74. The molecule has 0 fully saturated rings. The second-order valence-electron chi connectivity index (χ2n) is 11.6. The Balaban J connectivity index is 1.95. The fraction of sp³-hybridized carbons (Fsp3) is 0.778. The number of hydrogen-bond donors (Lipinski definition) is 1. The van der Waals surface area contributed by atoms with Crippen molar-refractivity contribution in [1.82, 2.24) is 10.2 Å². The summed E-state index contributed by atoms with van der Waals surface area (Å²) in [5.41, 5.74) is 0.773. The van der Waals surface area contributed by atoms with Crippen LogP contribution in [0.5, 0.6) is 0 Å². The van der Waals surface area contributed by atoms with Gasteiger partial charge in [0.05, 0.1) is 33.0 Å². The van der Waals surface area contributed by atoms with Gasteiger partial charge in [-0.1, -0.05) is 103 Å². The minimum absolute atomic E-state index is 0.0278. The second kappa shape index (κ2) is 30.4. The molecule has 11 nitrogen and oxygen atoms in total. The average molecular weight is 667 g/mol. The van der Waals surface area contributed by atoms with Gasteiger partial charge in [-0.25, -0.2) is 23.9 Å². The predicted molar refractivity (Wildman–Crippen MR) is 182 cm³/mol. The maximum atomic E-state index is 12.6. The number of unbranched alkanes of at least 4 members (excludes halogenated alkanes) is 14. The van der Waals surface area contributed by atoms with Crippen LogP contribution in [-0.2, 0) is 36.8 Å². The molecule has 0 spiro atoms. The van der Waals surface area contributed by atoms with Crippen LogP contribution in [0.4, 0.5) is 14.4 Å².